The van der Waals surface area contributed by atoms with E-state index >= 15 is 0 Å². The van der Waals surface area contributed by atoms with E-state index in [4.69, 9.17) is 4.98 Å². The van der Waals surface area contributed by atoms with Crippen molar-refractivity contribution >= 4 is 11.6 Å². The van der Waals surface area contributed by atoms with E-state index in [0.29, 0.717) is 6.04 Å². The van der Waals surface area contributed by atoms with Gasteiger partial charge in [0.2, 0.25) is 5.95 Å². The highest BCUT2D eigenvalue weighted by atomic mass is 15.3. The first-order valence-electron chi connectivity index (χ1n) is 8.00. The predicted molar refractivity (Wildman–Crippen MR) is 89.5 cm³/mol. The average molecular weight is 311 g/mol. The third-order valence-corrected chi connectivity index (χ3v) is 4.48. The minimum Gasteiger partial charge on any atom is -0.340 e. The largest absolute Gasteiger partial charge is 0.340 e. The molecule has 1 atom stereocenters. The van der Waals surface area contributed by atoms with Crippen molar-refractivity contribution in [1.29, 1.82) is 0 Å². The maximum atomic E-state index is 4.92. The molecule has 0 aliphatic carbocycles. The Hall–Kier alpha value is -2.41. The fourth-order valence-corrected chi connectivity index (χ4v) is 3.23. The fourth-order valence-electron chi connectivity index (χ4n) is 3.23. The first-order valence-corrected chi connectivity index (χ1v) is 8.00. The van der Waals surface area contributed by atoms with Gasteiger partial charge in [0, 0.05) is 56.4 Å². The summed E-state index contributed by atoms with van der Waals surface area (Å²) in [5, 5.41) is 7.64. The molecule has 0 aromatic carbocycles. The SMILES string of the molecule is CNC1CCCN(c2nc(-c3cnn(C)c3)cc3nccn23)C1. The molecule has 1 aliphatic rings. The zero-order valence-electron chi connectivity index (χ0n) is 13.5. The number of aromatic nitrogens is 5. The maximum absolute atomic E-state index is 4.92. The zero-order valence-corrected chi connectivity index (χ0v) is 13.5. The molecule has 0 bridgehead atoms. The van der Waals surface area contributed by atoms with E-state index in [9.17, 15) is 0 Å². The topological polar surface area (TPSA) is 63.3 Å². The van der Waals surface area contributed by atoms with Crippen molar-refractivity contribution in [3.8, 4) is 11.3 Å². The molecule has 4 heterocycles. The summed E-state index contributed by atoms with van der Waals surface area (Å²) in [7, 11) is 3.95. The molecule has 1 saturated heterocycles. The summed E-state index contributed by atoms with van der Waals surface area (Å²) in [5.41, 5.74) is 2.85. The standard InChI is InChI=1S/C16H21N7/c1-17-13-4-3-6-22(11-13)16-20-14(12-9-19-21(2)10-12)8-15-18-5-7-23(15)16/h5,7-10,13,17H,3-4,6,11H2,1-2H3. The molecule has 0 radical (unpaired) electrons. The fraction of sp³-hybridized carbons (Fsp3) is 0.438. The average Bonchev–Trinajstić information content (AvgIpc) is 3.22. The van der Waals surface area contributed by atoms with Gasteiger partial charge in [0.1, 0.15) is 5.65 Å². The molecule has 1 fully saturated rings. The van der Waals surface area contributed by atoms with Crippen molar-refractivity contribution in [2.24, 2.45) is 7.05 Å². The molecule has 4 rings (SSSR count). The molecule has 0 amide bonds. The Kier molecular flexibility index (Phi) is 3.49. The summed E-state index contributed by atoms with van der Waals surface area (Å²) in [6, 6.07) is 2.52. The van der Waals surface area contributed by atoms with Crippen LogP contribution in [0.4, 0.5) is 5.95 Å². The first kappa shape index (κ1) is 14.2. The monoisotopic (exact) mass is 311 g/mol. The lowest BCUT2D eigenvalue weighted by atomic mass is 10.1. The lowest BCUT2D eigenvalue weighted by Gasteiger charge is -2.33. The summed E-state index contributed by atoms with van der Waals surface area (Å²) >= 11 is 0. The third kappa shape index (κ3) is 2.57. The molecule has 3 aromatic rings. The number of rotatable bonds is 3. The van der Waals surface area contributed by atoms with Crippen LogP contribution in [0.3, 0.4) is 0 Å². The summed E-state index contributed by atoms with van der Waals surface area (Å²) < 4.78 is 3.86. The molecular formula is C16H21N7. The Balaban J connectivity index is 1.79. The Morgan fingerprint density at radius 3 is 3.04 bits per heavy atom. The highest BCUT2D eigenvalue weighted by molar-refractivity contribution is 5.65. The highest BCUT2D eigenvalue weighted by Crippen LogP contribution is 2.24. The lowest BCUT2D eigenvalue weighted by molar-refractivity contribution is 0.444. The van der Waals surface area contributed by atoms with Crippen LogP contribution in [0.5, 0.6) is 0 Å². The van der Waals surface area contributed by atoms with Crippen LogP contribution in [0.15, 0.2) is 30.9 Å². The van der Waals surface area contributed by atoms with Crippen molar-refractivity contribution < 1.29 is 0 Å². The zero-order chi connectivity index (χ0) is 15.8. The van der Waals surface area contributed by atoms with Crippen LogP contribution >= 0.6 is 0 Å². The van der Waals surface area contributed by atoms with Gasteiger partial charge in [-0.05, 0) is 19.9 Å². The van der Waals surface area contributed by atoms with Gasteiger partial charge in [-0.25, -0.2) is 9.97 Å². The van der Waals surface area contributed by atoms with E-state index in [-0.39, 0.29) is 0 Å². The summed E-state index contributed by atoms with van der Waals surface area (Å²) in [4.78, 5) is 11.7. The van der Waals surface area contributed by atoms with Gasteiger partial charge in [-0.2, -0.15) is 5.10 Å². The molecule has 23 heavy (non-hydrogen) atoms. The van der Waals surface area contributed by atoms with E-state index in [1.807, 2.05) is 44.9 Å². The molecule has 120 valence electrons. The quantitative estimate of drug-likeness (QED) is 0.790. The van der Waals surface area contributed by atoms with Crippen molar-refractivity contribution in [2.75, 3.05) is 25.0 Å². The van der Waals surface area contributed by atoms with Crippen LogP contribution in [0.2, 0.25) is 0 Å². The first-order chi connectivity index (χ1) is 11.2. The number of fused-ring (bicyclic) bond motifs is 1. The predicted octanol–water partition coefficient (Wildman–Crippen LogP) is 1.32. The second-order valence-corrected chi connectivity index (χ2v) is 6.07. The molecule has 3 aromatic heterocycles. The van der Waals surface area contributed by atoms with Crippen molar-refractivity contribution in [3.05, 3.63) is 30.9 Å². The molecule has 1 unspecified atom stereocenters. The molecule has 0 spiro atoms. The smallest absolute Gasteiger partial charge is 0.211 e. The minimum absolute atomic E-state index is 0.506. The molecule has 1 N–H and O–H groups in total. The maximum Gasteiger partial charge on any atom is 0.211 e. The summed E-state index contributed by atoms with van der Waals surface area (Å²) in [6.45, 7) is 1.99. The summed E-state index contributed by atoms with van der Waals surface area (Å²) in [5.74, 6) is 0.957. The van der Waals surface area contributed by atoms with Crippen molar-refractivity contribution in [1.82, 2.24) is 29.5 Å². The van der Waals surface area contributed by atoms with Crippen LogP contribution in [0.1, 0.15) is 12.8 Å². The second kappa shape index (κ2) is 5.66. The van der Waals surface area contributed by atoms with Crippen LogP contribution in [-0.4, -0.2) is 50.3 Å². The molecule has 1 aliphatic heterocycles. The van der Waals surface area contributed by atoms with Gasteiger partial charge in [-0.15, -0.1) is 0 Å². The third-order valence-electron chi connectivity index (χ3n) is 4.48. The Bertz CT molecular complexity index is 819. The number of aryl methyl sites for hydroxylation is 1. The number of nitrogens with one attached hydrogen (secondary N) is 1. The normalized spacial score (nSPS) is 18.7. The van der Waals surface area contributed by atoms with Crippen LogP contribution < -0.4 is 10.2 Å². The van der Waals surface area contributed by atoms with Gasteiger partial charge in [-0.1, -0.05) is 0 Å². The lowest BCUT2D eigenvalue weighted by Crippen LogP contribution is -2.45. The van der Waals surface area contributed by atoms with Gasteiger partial charge >= 0.3 is 0 Å². The number of hydrogen-bond donors (Lipinski definition) is 1. The van der Waals surface area contributed by atoms with Crippen molar-refractivity contribution in [2.45, 2.75) is 18.9 Å². The number of piperidine rings is 1. The number of imidazole rings is 1. The van der Waals surface area contributed by atoms with Gasteiger partial charge in [0.25, 0.3) is 0 Å². The van der Waals surface area contributed by atoms with E-state index in [1.54, 1.807) is 4.68 Å². The Morgan fingerprint density at radius 2 is 2.26 bits per heavy atom. The Morgan fingerprint density at radius 1 is 1.35 bits per heavy atom. The van der Waals surface area contributed by atoms with E-state index in [2.05, 4.69) is 24.7 Å². The molecule has 7 nitrogen and oxygen atoms in total. The van der Waals surface area contributed by atoms with Crippen LogP contribution in [0, 0.1) is 0 Å². The second-order valence-electron chi connectivity index (χ2n) is 6.07. The van der Waals surface area contributed by atoms with Gasteiger partial charge < -0.3 is 10.2 Å². The number of likely N-dealkylation sites (N-methyl/N-ethyl adjacent to an activating group) is 1. The van der Waals surface area contributed by atoms with Crippen LogP contribution in [-0.2, 0) is 7.05 Å². The van der Waals surface area contributed by atoms with Gasteiger partial charge in [0.15, 0.2) is 0 Å². The highest BCUT2D eigenvalue weighted by Gasteiger charge is 2.22. The molecule has 7 heteroatoms. The summed E-state index contributed by atoms with van der Waals surface area (Å²) in [6.07, 6.45) is 10.0. The van der Waals surface area contributed by atoms with Crippen molar-refractivity contribution in [3.63, 3.8) is 0 Å². The van der Waals surface area contributed by atoms with Gasteiger partial charge in [-0.3, -0.25) is 9.08 Å². The van der Waals surface area contributed by atoms with Gasteiger partial charge in [0.05, 0.1) is 11.9 Å². The number of hydrogen-bond acceptors (Lipinski definition) is 5. The number of nitrogens with zero attached hydrogens (tertiary/aromatic N) is 6. The Labute approximate surface area is 135 Å². The number of anilines is 1. The minimum atomic E-state index is 0.506. The molecular weight excluding hydrogens is 290 g/mol. The van der Waals surface area contributed by atoms with Crippen LogP contribution in [0.25, 0.3) is 16.9 Å². The molecule has 0 saturated carbocycles. The van der Waals surface area contributed by atoms with E-state index in [0.717, 1.165) is 35.9 Å². The van der Waals surface area contributed by atoms with E-state index < -0.39 is 0 Å². The van der Waals surface area contributed by atoms with E-state index in [1.165, 1.54) is 12.8 Å².